The van der Waals surface area contributed by atoms with Crippen LogP contribution in [0.25, 0.3) is 0 Å². The molecule has 0 aromatic heterocycles. The average Bonchev–Trinajstić information content (AvgIpc) is 2.36. The summed E-state index contributed by atoms with van der Waals surface area (Å²) < 4.78 is 23.3. The van der Waals surface area contributed by atoms with Crippen molar-refractivity contribution in [3.8, 4) is 6.07 Å². The minimum atomic E-state index is -2.99. The molecule has 0 radical (unpaired) electrons. The van der Waals surface area contributed by atoms with Gasteiger partial charge in [-0.1, -0.05) is 6.07 Å². The lowest BCUT2D eigenvalue weighted by atomic mass is 10.0. The fraction of sp³-hybridized carbons (Fsp3) is 0.500. The van der Waals surface area contributed by atoms with E-state index in [0.29, 0.717) is 12.1 Å². The highest BCUT2D eigenvalue weighted by atomic mass is 32.2. The number of sulfone groups is 1. The van der Waals surface area contributed by atoms with Crippen LogP contribution < -0.4 is 4.90 Å². The Morgan fingerprint density at radius 2 is 2.20 bits per heavy atom. The van der Waals surface area contributed by atoms with Crippen LogP contribution in [0, 0.1) is 11.3 Å². The van der Waals surface area contributed by atoms with Crippen LogP contribution in [-0.2, 0) is 9.84 Å². The fourth-order valence-electron chi connectivity index (χ4n) is 2.57. The van der Waals surface area contributed by atoms with Gasteiger partial charge < -0.3 is 10.0 Å². The van der Waals surface area contributed by atoms with Gasteiger partial charge in [-0.05, 0) is 26.0 Å². The van der Waals surface area contributed by atoms with E-state index in [1.807, 2.05) is 11.8 Å². The van der Waals surface area contributed by atoms with Crippen molar-refractivity contribution in [3.05, 3.63) is 29.3 Å². The molecule has 20 heavy (non-hydrogen) atoms. The van der Waals surface area contributed by atoms with E-state index >= 15 is 0 Å². The van der Waals surface area contributed by atoms with E-state index in [1.165, 1.54) is 0 Å². The van der Waals surface area contributed by atoms with Gasteiger partial charge in [0.05, 0.1) is 29.2 Å². The summed E-state index contributed by atoms with van der Waals surface area (Å²) >= 11 is 0. The highest BCUT2D eigenvalue weighted by molar-refractivity contribution is 7.91. The summed E-state index contributed by atoms with van der Waals surface area (Å²) in [4.78, 5) is 1.96. The molecule has 2 atom stereocenters. The molecule has 2 rings (SSSR count). The van der Waals surface area contributed by atoms with Crippen molar-refractivity contribution in [2.75, 3.05) is 23.0 Å². The Kier molecular flexibility index (Phi) is 4.02. The standard InChI is InChI=1S/C14H18N2O3S/c1-10-9-20(18,19)6-5-16(10)14-7-12(8-15)3-4-13(14)11(2)17/h3-4,7,10-11,17H,5-6,9H2,1-2H3/t10?,11-/m1/s1. The van der Waals surface area contributed by atoms with Gasteiger partial charge in [-0.25, -0.2) is 8.42 Å². The van der Waals surface area contributed by atoms with E-state index < -0.39 is 15.9 Å². The third-order valence-corrected chi connectivity index (χ3v) is 5.38. The molecule has 0 amide bonds. The molecule has 1 heterocycles. The van der Waals surface area contributed by atoms with Crippen LogP contribution in [-0.4, -0.2) is 37.6 Å². The van der Waals surface area contributed by atoms with Crippen LogP contribution in [0.1, 0.15) is 31.1 Å². The van der Waals surface area contributed by atoms with E-state index in [9.17, 15) is 13.5 Å². The van der Waals surface area contributed by atoms with Crippen LogP contribution >= 0.6 is 0 Å². The fourth-order valence-corrected chi connectivity index (χ4v) is 4.13. The smallest absolute Gasteiger partial charge is 0.154 e. The predicted molar refractivity (Wildman–Crippen MR) is 77.3 cm³/mol. The Morgan fingerprint density at radius 1 is 1.50 bits per heavy atom. The van der Waals surface area contributed by atoms with Crippen LogP contribution in [0.2, 0.25) is 0 Å². The highest BCUT2D eigenvalue weighted by Crippen LogP contribution is 2.30. The zero-order chi connectivity index (χ0) is 14.9. The zero-order valence-electron chi connectivity index (χ0n) is 11.6. The number of nitrogens with zero attached hydrogens (tertiary/aromatic N) is 2. The maximum atomic E-state index is 11.7. The van der Waals surface area contributed by atoms with E-state index in [0.717, 1.165) is 11.3 Å². The molecule has 5 nitrogen and oxygen atoms in total. The van der Waals surface area contributed by atoms with Crippen molar-refractivity contribution in [3.63, 3.8) is 0 Å². The number of nitriles is 1. The Morgan fingerprint density at radius 3 is 2.75 bits per heavy atom. The molecule has 1 aromatic carbocycles. The first-order valence-electron chi connectivity index (χ1n) is 6.53. The molecule has 1 N–H and O–H groups in total. The lowest BCUT2D eigenvalue weighted by molar-refractivity contribution is 0.199. The molecule has 108 valence electrons. The van der Waals surface area contributed by atoms with Gasteiger partial charge in [0, 0.05) is 23.8 Å². The third-order valence-electron chi connectivity index (χ3n) is 3.59. The average molecular weight is 294 g/mol. The minimum absolute atomic E-state index is 0.100. The third kappa shape index (κ3) is 2.94. The highest BCUT2D eigenvalue weighted by Gasteiger charge is 2.30. The van der Waals surface area contributed by atoms with Crippen molar-refractivity contribution < 1.29 is 13.5 Å². The van der Waals surface area contributed by atoms with Gasteiger partial charge in [0.15, 0.2) is 9.84 Å². The lowest BCUT2D eigenvalue weighted by Crippen LogP contribution is -2.47. The molecule has 1 aromatic rings. The second kappa shape index (κ2) is 5.43. The second-order valence-corrected chi connectivity index (χ2v) is 7.45. The molecule has 6 heteroatoms. The van der Waals surface area contributed by atoms with Crippen molar-refractivity contribution in [2.24, 2.45) is 0 Å². The topological polar surface area (TPSA) is 81.4 Å². The number of hydrogen-bond acceptors (Lipinski definition) is 5. The molecule has 0 aliphatic carbocycles. The maximum Gasteiger partial charge on any atom is 0.154 e. The number of hydrogen-bond donors (Lipinski definition) is 1. The molecule has 0 spiro atoms. The van der Waals surface area contributed by atoms with Crippen molar-refractivity contribution in [1.29, 1.82) is 5.26 Å². The number of rotatable bonds is 2. The summed E-state index contributed by atoms with van der Waals surface area (Å²) in [5, 5.41) is 18.9. The summed E-state index contributed by atoms with van der Waals surface area (Å²) in [6, 6.07) is 7.02. The number of benzene rings is 1. The molecule has 1 fully saturated rings. The van der Waals surface area contributed by atoms with Gasteiger partial charge in [0.25, 0.3) is 0 Å². The quantitative estimate of drug-likeness (QED) is 0.887. The summed E-state index contributed by atoms with van der Waals surface area (Å²) in [6.07, 6.45) is -0.663. The van der Waals surface area contributed by atoms with Crippen molar-refractivity contribution in [1.82, 2.24) is 0 Å². The Balaban J connectivity index is 2.44. The van der Waals surface area contributed by atoms with Crippen LogP contribution in [0.15, 0.2) is 18.2 Å². The van der Waals surface area contributed by atoms with Crippen LogP contribution in [0.4, 0.5) is 5.69 Å². The Hall–Kier alpha value is -1.58. The van der Waals surface area contributed by atoms with E-state index in [1.54, 1.807) is 25.1 Å². The summed E-state index contributed by atoms with van der Waals surface area (Å²) in [5.41, 5.74) is 1.97. The number of aliphatic hydroxyl groups excluding tert-OH is 1. The Bertz CT molecular complexity index is 647. The number of anilines is 1. The monoisotopic (exact) mass is 294 g/mol. The zero-order valence-corrected chi connectivity index (χ0v) is 12.4. The van der Waals surface area contributed by atoms with Gasteiger partial charge in [-0.3, -0.25) is 0 Å². The normalized spacial score (nSPS) is 23.1. The maximum absolute atomic E-state index is 11.7. The van der Waals surface area contributed by atoms with Gasteiger partial charge in [0.1, 0.15) is 0 Å². The van der Waals surface area contributed by atoms with Gasteiger partial charge in [-0.2, -0.15) is 5.26 Å². The molecular weight excluding hydrogens is 276 g/mol. The summed E-state index contributed by atoms with van der Waals surface area (Å²) in [7, 11) is -2.99. The SMILES string of the molecule is CC1CS(=O)(=O)CCN1c1cc(C#N)ccc1[C@@H](C)O. The van der Waals surface area contributed by atoms with E-state index in [2.05, 4.69) is 6.07 Å². The summed E-state index contributed by atoms with van der Waals surface area (Å²) in [5.74, 6) is 0.205. The molecule has 1 saturated heterocycles. The second-order valence-electron chi connectivity index (χ2n) is 5.22. The van der Waals surface area contributed by atoms with E-state index in [-0.39, 0.29) is 17.5 Å². The van der Waals surface area contributed by atoms with Gasteiger partial charge >= 0.3 is 0 Å². The first-order chi connectivity index (χ1) is 9.34. The summed E-state index contributed by atoms with van der Waals surface area (Å²) in [6.45, 7) is 3.90. The molecule has 1 unspecified atom stereocenters. The van der Waals surface area contributed by atoms with Gasteiger partial charge in [-0.15, -0.1) is 0 Å². The molecule has 0 saturated carbocycles. The van der Waals surface area contributed by atoms with Crippen molar-refractivity contribution >= 4 is 15.5 Å². The first kappa shape index (κ1) is 14.8. The molecule has 1 aliphatic heterocycles. The van der Waals surface area contributed by atoms with Gasteiger partial charge in [0.2, 0.25) is 0 Å². The van der Waals surface area contributed by atoms with Crippen LogP contribution in [0.3, 0.4) is 0 Å². The minimum Gasteiger partial charge on any atom is -0.389 e. The molecular formula is C14H18N2O3S. The lowest BCUT2D eigenvalue weighted by Gasteiger charge is -2.36. The van der Waals surface area contributed by atoms with E-state index in [4.69, 9.17) is 5.26 Å². The van der Waals surface area contributed by atoms with Crippen LogP contribution in [0.5, 0.6) is 0 Å². The van der Waals surface area contributed by atoms with Crippen molar-refractivity contribution in [2.45, 2.75) is 26.0 Å². The number of aliphatic hydroxyl groups is 1. The predicted octanol–water partition coefficient (Wildman–Crippen LogP) is 1.23. The Labute approximate surface area is 119 Å². The molecule has 1 aliphatic rings. The largest absolute Gasteiger partial charge is 0.389 e. The first-order valence-corrected chi connectivity index (χ1v) is 8.35. The molecule has 0 bridgehead atoms.